The summed E-state index contributed by atoms with van der Waals surface area (Å²) in [6, 6.07) is 7.84. The number of amides is 1. The van der Waals surface area contributed by atoms with Crippen LogP contribution in [0.5, 0.6) is 0 Å². The van der Waals surface area contributed by atoms with Gasteiger partial charge in [-0.05, 0) is 29.9 Å². The Labute approximate surface area is 124 Å². The highest BCUT2D eigenvalue weighted by atomic mass is 16.2. The van der Waals surface area contributed by atoms with Gasteiger partial charge < -0.3 is 5.32 Å². The zero-order valence-corrected chi connectivity index (χ0v) is 12.6. The number of para-hydroxylation sites is 1. The first-order chi connectivity index (χ1) is 9.95. The fraction of sp³-hybridized carbons (Fsp3) is 0.438. The Bertz CT molecular complexity index is 665. The number of aromatic amines is 1. The van der Waals surface area contributed by atoms with E-state index in [-0.39, 0.29) is 17.1 Å². The Morgan fingerprint density at radius 2 is 2.00 bits per heavy atom. The van der Waals surface area contributed by atoms with Gasteiger partial charge in [-0.2, -0.15) is 0 Å². The van der Waals surface area contributed by atoms with Gasteiger partial charge in [0.1, 0.15) is 5.82 Å². The first-order valence-electron chi connectivity index (χ1n) is 7.28. The monoisotopic (exact) mass is 284 g/mol. The molecule has 1 aromatic heterocycles. The van der Waals surface area contributed by atoms with E-state index in [0.717, 1.165) is 29.9 Å². The molecule has 2 N–H and O–H groups in total. The van der Waals surface area contributed by atoms with Crippen LogP contribution in [-0.4, -0.2) is 21.1 Å². The summed E-state index contributed by atoms with van der Waals surface area (Å²) in [5, 5.41) is 9.80. The molecule has 110 valence electrons. The minimum Gasteiger partial charge on any atom is -0.319 e. The van der Waals surface area contributed by atoms with Gasteiger partial charge in [0.25, 0.3) is 5.91 Å². The first kappa shape index (κ1) is 13.8. The third-order valence-corrected chi connectivity index (χ3v) is 3.65. The van der Waals surface area contributed by atoms with Crippen molar-refractivity contribution in [3.05, 3.63) is 41.5 Å². The lowest BCUT2D eigenvalue weighted by atomic mass is 9.86. The fourth-order valence-corrected chi connectivity index (χ4v) is 2.34. The maximum absolute atomic E-state index is 12.3. The van der Waals surface area contributed by atoms with Crippen LogP contribution in [0.2, 0.25) is 0 Å². The van der Waals surface area contributed by atoms with E-state index in [4.69, 9.17) is 0 Å². The lowest BCUT2D eigenvalue weighted by molar-refractivity contribution is 0.101. The zero-order valence-electron chi connectivity index (χ0n) is 12.6. The summed E-state index contributed by atoms with van der Waals surface area (Å²) in [5.41, 5.74) is 1.87. The van der Waals surface area contributed by atoms with Crippen LogP contribution < -0.4 is 5.32 Å². The lowest BCUT2D eigenvalue weighted by Crippen LogP contribution is -2.19. The summed E-state index contributed by atoms with van der Waals surface area (Å²) >= 11 is 0. The number of carbonyl (C=O) groups excluding carboxylic acids is 1. The van der Waals surface area contributed by atoms with Crippen molar-refractivity contribution in [2.75, 3.05) is 5.32 Å². The number of carbonyl (C=O) groups is 1. The van der Waals surface area contributed by atoms with Crippen LogP contribution in [0, 0.1) is 0 Å². The second-order valence-electron chi connectivity index (χ2n) is 6.57. The van der Waals surface area contributed by atoms with Crippen molar-refractivity contribution >= 4 is 11.6 Å². The molecule has 1 heterocycles. The molecular formula is C16H20N4O. The highest BCUT2D eigenvalue weighted by Crippen LogP contribution is 2.37. The van der Waals surface area contributed by atoms with Crippen LogP contribution in [-0.2, 0) is 5.41 Å². The molecule has 5 nitrogen and oxygen atoms in total. The van der Waals surface area contributed by atoms with E-state index >= 15 is 0 Å². The molecule has 2 aromatic rings. The summed E-state index contributed by atoms with van der Waals surface area (Å²) in [6.45, 7) is 6.36. The third-order valence-electron chi connectivity index (χ3n) is 3.65. The molecule has 1 saturated carbocycles. The van der Waals surface area contributed by atoms with Crippen molar-refractivity contribution in [2.24, 2.45) is 0 Å². The van der Waals surface area contributed by atoms with E-state index < -0.39 is 0 Å². The molecule has 3 rings (SSSR count). The topological polar surface area (TPSA) is 70.7 Å². The van der Waals surface area contributed by atoms with Gasteiger partial charge in [-0.15, -0.1) is 5.10 Å². The minimum atomic E-state index is -0.269. The predicted octanol–water partition coefficient (Wildman–Crippen LogP) is 3.23. The molecule has 1 aliphatic carbocycles. The smallest absolute Gasteiger partial charge is 0.295 e. The van der Waals surface area contributed by atoms with E-state index in [1.807, 2.05) is 24.3 Å². The molecule has 1 aliphatic rings. The third kappa shape index (κ3) is 2.96. The molecule has 21 heavy (non-hydrogen) atoms. The molecule has 0 bridgehead atoms. The Morgan fingerprint density at radius 3 is 2.67 bits per heavy atom. The molecule has 0 unspecified atom stereocenters. The quantitative estimate of drug-likeness (QED) is 0.909. The van der Waals surface area contributed by atoms with Crippen molar-refractivity contribution in [2.45, 2.75) is 44.9 Å². The molecule has 0 radical (unpaired) electrons. The van der Waals surface area contributed by atoms with Crippen LogP contribution in [0.15, 0.2) is 24.3 Å². The Balaban J connectivity index is 1.81. The van der Waals surface area contributed by atoms with Crippen LogP contribution >= 0.6 is 0 Å². The number of rotatable bonds is 3. The zero-order chi connectivity index (χ0) is 15.0. The van der Waals surface area contributed by atoms with Gasteiger partial charge in [-0.1, -0.05) is 39.0 Å². The van der Waals surface area contributed by atoms with E-state index in [0.29, 0.717) is 5.92 Å². The van der Waals surface area contributed by atoms with Crippen molar-refractivity contribution < 1.29 is 4.79 Å². The van der Waals surface area contributed by atoms with Gasteiger partial charge in [-0.3, -0.25) is 9.89 Å². The fourth-order valence-electron chi connectivity index (χ4n) is 2.34. The van der Waals surface area contributed by atoms with Gasteiger partial charge in [0, 0.05) is 11.6 Å². The number of H-pyrrole nitrogens is 1. The highest BCUT2D eigenvalue weighted by Gasteiger charge is 2.28. The highest BCUT2D eigenvalue weighted by molar-refractivity contribution is 6.02. The van der Waals surface area contributed by atoms with Gasteiger partial charge in [0.15, 0.2) is 0 Å². The average molecular weight is 284 g/mol. The average Bonchev–Trinajstić information content (AvgIpc) is 3.15. The normalized spacial score (nSPS) is 15.0. The molecule has 0 atom stereocenters. The maximum Gasteiger partial charge on any atom is 0.295 e. The van der Waals surface area contributed by atoms with Crippen LogP contribution in [0.4, 0.5) is 5.69 Å². The predicted molar refractivity (Wildman–Crippen MR) is 81.5 cm³/mol. The summed E-state index contributed by atoms with van der Waals surface area (Å²) in [4.78, 5) is 16.6. The van der Waals surface area contributed by atoms with Crippen LogP contribution in [0.1, 0.15) is 61.5 Å². The van der Waals surface area contributed by atoms with Crippen LogP contribution in [0.3, 0.4) is 0 Å². The second kappa shape index (κ2) is 4.98. The number of aromatic nitrogens is 3. The summed E-state index contributed by atoms with van der Waals surface area (Å²) in [6.07, 6.45) is 2.26. The van der Waals surface area contributed by atoms with Crippen molar-refractivity contribution in [1.82, 2.24) is 15.2 Å². The maximum atomic E-state index is 12.3. The Morgan fingerprint density at radius 1 is 1.29 bits per heavy atom. The molecule has 0 aliphatic heterocycles. The molecule has 1 fully saturated rings. The second-order valence-corrected chi connectivity index (χ2v) is 6.57. The van der Waals surface area contributed by atoms with Crippen LogP contribution in [0.25, 0.3) is 0 Å². The molecular weight excluding hydrogens is 264 g/mol. The van der Waals surface area contributed by atoms with Crippen molar-refractivity contribution in [1.29, 1.82) is 0 Å². The minimum absolute atomic E-state index is 0.0396. The molecule has 5 heteroatoms. The van der Waals surface area contributed by atoms with E-state index in [1.54, 1.807) is 0 Å². The Kier molecular flexibility index (Phi) is 3.27. The molecule has 0 spiro atoms. The number of nitrogens with zero attached hydrogens (tertiary/aromatic N) is 2. The molecule has 0 saturated heterocycles. The number of benzene rings is 1. The van der Waals surface area contributed by atoms with Crippen molar-refractivity contribution in [3.8, 4) is 0 Å². The first-order valence-corrected chi connectivity index (χ1v) is 7.28. The van der Waals surface area contributed by atoms with E-state index in [2.05, 4.69) is 41.3 Å². The number of nitrogens with one attached hydrogen (secondary N) is 2. The summed E-state index contributed by atoms with van der Waals surface area (Å²) in [7, 11) is 0. The summed E-state index contributed by atoms with van der Waals surface area (Å²) < 4.78 is 0. The standard InChI is InChI=1S/C16H20N4O/c1-16(2,3)11-6-4-5-7-12(11)17-15(21)14-18-13(19-20-14)10-8-9-10/h4-7,10H,8-9H2,1-3H3,(H,17,21)(H,18,19,20). The van der Waals surface area contributed by atoms with E-state index in [9.17, 15) is 4.79 Å². The Hall–Kier alpha value is -2.17. The van der Waals surface area contributed by atoms with Crippen molar-refractivity contribution in [3.63, 3.8) is 0 Å². The molecule has 1 aromatic carbocycles. The SMILES string of the molecule is CC(C)(C)c1ccccc1NC(=O)c1n[nH]c(C2CC2)n1. The van der Waals surface area contributed by atoms with Gasteiger partial charge in [0.2, 0.25) is 5.82 Å². The summed E-state index contributed by atoms with van der Waals surface area (Å²) in [5.74, 6) is 1.22. The van der Waals surface area contributed by atoms with Gasteiger partial charge >= 0.3 is 0 Å². The molecule has 1 amide bonds. The lowest BCUT2D eigenvalue weighted by Gasteiger charge is -2.22. The van der Waals surface area contributed by atoms with Gasteiger partial charge in [0.05, 0.1) is 0 Å². The number of anilines is 1. The number of hydrogen-bond donors (Lipinski definition) is 2. The van der Waals surface area contributed by atoms with E-state index in [1.165, 1.54) is 0 Å². The van der Waals surface area contributed by atoms with Gasteiger partial charge in [-0.25, -0.2) is 4.98 Å². The largest absolute Gasteiger partial charge is 0.319 e. The number of hydrogen-bond acceptors (Lipinski definition) is 3.